The summed E-state index contributed by atoms with van der Waals surface area (Å²) in [6, 6.07) is 0. The Hall–Kier alpha value is 0.0200. The van der Waals surface area contributed by atoms with Gasteiger partial charge in [0.15, 0.2) is 0 Å². The number of methoxy groups -OCH3 is 1. The Labute approximate surface area is 113 Å². The van der Waals surface area contributed by atoms with Gasteiger partial charge in [-0.2, -0.15) is 13.2 Å². The zero-order chi connectivity index (χ0) is 12.9. The minimum Gasteiger partial charge on any atom is -0.498 e. The van der Waals surface area contributed by atoms with Crippen molar-refractivity contribution in [3.8, 4) is 0 Å². The molecule has 17 heavy (non-hydrogen) atoms. The zero-order valence-corrected chi connectivity index (χ0v) is 11.8. The first-order chi connectivity index (χ1) is 7.95. The molecule has 0 aromatic heterocycles. The van der Waals surface area contributed by atoms with Crippen LogP contribution in [-0.4, -0.2) is 30.4 Å². The lowest BCUT2D eigenvalue weighted by Crippen LogP contribution is -2.22. The molecule has 0 spiro atoms. The fraction of sp³-hybridized carbons (Fsp3) is 0.818. The Kier molecular flexibility index (Phi) is 6.05. The summed E-state index contributed by atoms with van der Waals surface area (Å²) in [7, 11) is 1.56. The maximum atomic E-state index is 12.7. The minimum atomic E-state index is -4.26. The van der Waals surface area contributed by atoms with Gasteiger partial charge in [0.2, 0.25) is 0 Å². The number of rotatable bonds is 5. The molecule has 0 aromatic carbocycles. The quantitative estimate of drug-likeness (QED) is 0.419. The maximum absolute atomic E-state index is 12.7. The highest BCUT2D eigenvalue weighted by Gasteiger charge is 2.39. The Morgan fingerprint density at radius 2 is 2.06 bits per heavy atom. The van der Waals surface area contributed by atoms with Crippen molar-refractivity contribution in [2.24, 2.45) is 0 Å². The summed E-state index contributed by atoms with van der Waals surface area (Å²) < 4.78 is 48.5. The van der Waals surface area contributed by atoms with E-state index in [-0.39, 0.29) is 22.7 Å². The summed E-state index contributed by atoms with van der Waals surface area (Å²) in [6.07, 6.45) is -2.64. The average molecular weight is 364 g/mol. The van der Waals surface area contributed by atoms with Crippen LogP contribution in [0.2, 0.25) is 0 Å². The molecule has 0 saturated carbocycles. The first-order valence-electron chi connectivity index (χ1n) is 5.50. The summed E-state index contributed by atoms with van der Waals surface area (Å²) in [5.74, 6) is 0.124. The second-order valence-corrected chi connectivity index (χ2v) is 5.70. The summed E-state index contributed by atoms with van der Waals surface area (Å²) in [6.45, 7) is 0.786. The van der Waals surface area contributed by atoms with Gasteiger partial charge >= 0.3 is 6.18 Å². The van der Waals surface area contributed by atoms with Crippen LogP contribution in [0.3, 0.4) is 0 Å². The number of alkyl halides is 4. The molecule has 1 rings (SSSR count). The summed E-state index contributed by atoms with van der Waals surface area (Å²) in [5, 5.41) is 0. The molecule has 0 bridgehead atoms. The van der Waals surface area contributed by atoms with E-state index < -0.39 is 11.7 Å². The van der Waals surface area contributed by atoms with Crippen molar-refractivity contribution in [1.82, 2.24) is 0 Å². The van der Waals surface area contributed by atoms with Crippen LogP contribution in [0.25, 0.3) is 0 Å². The Morgan fingerprint density at radius 1 is 1.35 bits per heavy atom. The normalized spacial score (nSPS) is 21.8. The molecule has 0 fully saturated rings. The second kappa shape index (κ2) is 6.82. The van der Waals surface area contributed by atoms with Crippen molar-refractivity contribution in [2.75, 3.05) is 20.3 Å². The highest BCUT2D eigenvalue weighted by molar-refractivity contribution is 14.1. The number of hydrogen-bond acceptors (Lipinski definition) is 2. The van der Waals surface area contributed by atoms with Crippen LogP contribution in [0.4, 0.5) is 13.2 Å². The van der Waals surface area contributed by atoms with Gasteiger partial charge < -0.3 is 9.47 Å². The van der Waals surface area contributed by atoms with E-state index in [1.807, 2.05) is 0 Å². The third kappa shape index (κ3) is 5.03. The summed E-state index contributed by atoms with van der Waals surface area (Å²) in [4.78, 5) is 0. The molecule has 0 N–H and O–H groups in total. The molecule has 2 nitrogen and oxygen atoms in total. The van der Waals surface area contributed by atoms with E-state index in [1.165, 1.54) is 0 Å². The monoisotopic (exact) mass is 364 g/mol. The lowest BCUT2D eigenvalue weighted by Gasteiger charge is -2.25. The number of allylic oxidation sites excluding steroid dienone is 2. The molecule has 0 aromatic rings. The Morgan fingerprint density at radius 3 is 2.65 bits per heavy atom. The Balaban J connectivity index is 2.62. The van der Waals surface area contributed by atoms with E-state index in [1.54, 1.807) is 7.11 Å². The van der Waals surface area contributed by atoms with E-state index in [9.17, 15) is 13.2 Å². The Bertz CT molecular complexity index is 276. The topological polar surface area (TPSA) is 18.5 Å². The highest BCUT2D eigenvalue weighted by atomic mass is 127. The molecule has 1 atom stereocenters. The predicted octanol–water partition coefficient (Wildman–Crippen LogP) is 3.84. The van der Waals surface area contributed by atoms with Crippen LogP contribution in [0.1, 0.15) is 25.7 Å². The smallest absolute Gasteiger partial charge is 0.415 e. The predicted molar refractivity (Wildman–Crippen MR) is 67.2 cm³/mol. The maximum Gasteiger partial charge on any atom is 0.415 e. The van der Waals surface area contributed by atoms with E-state index >= 15 is 0 Å². The van der Waals surface area contributed by atoms with Gasteiger partial charge in [-0.05, 0) is 12.8 Å². The summed E-state index contributed by atoms with van der Waals surface area (Å²) in [5.41, 5.74) is -0.483. The zero-order valence-electron chi connectivity index (χ0n) is 9.65. The highest BCUT2D eigenvalue weighted by Crippen LogP contribution is 2.39. The number of halogens is 4. The van der Waals surface area contributed by atoms with Gasteiger partial charge in [-0.1, -0.05) is 22.6 Å². The van der Waals surface area contributed by atoms with Crippen LogP contribution in [0.15, 0.2) is 11.3 Å². The second-order valence-electron chi connectivity index (χ2n) is 3.93. The van der Waals surface area contributed by atoms with Crippen molar-refractivity contribution in [1.29, 1.82) is 0 Å². The van der Waals surface area contributed by atoms with Gasteiger partial charge in [-0.15, -0.1) is 0 Å². The number of hydrogen-bond donors (Lipinski definition) is 0. The van der Waals surface area contributed by atoms with Gasteiger partial charge in [0.05, 0.1) is 12.2 Å². The van der Waals surface area contributed by atoms with Crippen molar-refractivity contribution >= 4 is 22.6 Å². The van der Waals surface area contributed by atoms with Gasteiger partial charge in [0.1, 0.15) is 5.76 Å². The van der Waals surface area contributed by atoms with Gasteiger partial charge in [0.25, 0.3) is 0 Å². The lowest BCUT2D eigenvalue weighted by atomic mass is 9.97. The molecule has 100 valence electrons. The van der Waals surface area contributed by atoms with Crippen LogP contribution < -0.4 is 0 Å². The molecule has 1 aliphatic carbocycles. The first kappa shape index (κ1) is 15.1. The standard InChI is InChI=1S/C11H16F3IO2/c1-16-5-2-6-17-10-7-8(15)3-4-9(10)11(12,13)14/h8H,2-7H2,1H3. The largest absolute Gasteiger partial charge is 0.498 e. The van der Waals surface area contributed by atoms with E-state index in [0.717, 1.165) is 0 Å². The molecule has 0 heterocycles. The van der Waals surface area contributed by atoms with Crippen molar-refractivity contribution in [3.63, 3.8) is 0 Å². The van der Waals surface area contributed by atoms with Crippen molar-refractivity contribution in [2.45, 2.75) is 35.8 Å². The van der Waals surface area contributed by atoms with Crippen LogP contribution in [-0.2, 0) is 9.47 Å². The molecule has 0 saturated heterocycles. The molecule has 0 aliphatic heterocycles. The fourth-order valence-electron chi connectivity index (χ4n) is 1.71. The average Bonchev–Trinajstić information content (AvgIpc) is 2.23. The SMILES string of the molecule is COCCCOC1=C(C(F)(F)F)CCC(I)C1. The molecule has 0 radical (unpaired) electrons. The van der Waals surface area contributed by atoms with Crippen LogP contribution >= 0.6 is 22.6 Å². The first-order valence-corrected chi connectivity index (χ1v) is 6.74. The molecular weight excluding hydrogens is 348 g/mol. The van der Waals surface area contributed by atoms with E-state index in [2.05, 4.69) is 22.6 Å². The third-order valence-corrected chi connectivity index (χ3v) is 3.63. The van der Waals surface area contributed by atoms with Crippen molar-refractivity contribution < 1.29 is 22.6 Å². The molecule has 6 heteroatoms. The molecule has 1 unspecified atom stereocenters. The lowest BCUT2D eigenvalue weighted by molar-refractivity contribution is -0.0993. The molecular formula is C11H16F3IO2. The van der Waals surface area contributed by atoms with Crippen molar-refractivity contribution in [3.05, 3.63) is 11.3 Å². The van der Waals surface area contributed by atoms with Gasteiger partial charge in [-0.25, -0.2) is 0 Å². The van der Waals surface area contributed by atoms with E-state index in [4.69, 9.17) is 9.47 Å². The van der Waals surface area contributed by atoms with Crippen LogP contribution in [0, 0.1) is 0 Å². The fourth-order valence-corrected chi connectivity index (χ4v) is 2.42. The number of ether oxygens (including phenoxy) is 2. The van der Waals surface area contributed by atoms with Crippen LogP contribution in [0.5, 0.6) is 0 Å². The van der Waals surface area contributed by atoms with Gasteiger partial charge in [-0.3, -0.25) is 0 Å². The minimum absolute atomic E-state index is 0.0662. The summed E-state index contributed by atoms with van der Waals surface area (Å²) >= 11 is 2.17. The van der Waals surface area contributed by atoms with E-state index in [0.29, 0.717) is 25.9 Å². The third-order valence-electron chi connectivity index (χ3n) is 2.56. The van der Waals surface area contributed by atoms with Gasteiger partial charge in [0, 0.05) is 30.5 Å². The molecule has 1 aliphatic rings. The molecule has 0 amide bonds.